The van der Waals surface area contributed by atoms with Crippen LogP contribution in [0, 0.1) is 13.8 Å². The fourth-order valence-electron chi connectivity index (χ4n) is 10.7. The van der Waals surface area contributed by atoms with Crippen molar-refractivity contribution in [2.75, 3.05) is 66.7 Å². The minimum atomic E-state index is -4.74. The van der Waals surface area contributed by atoms with Crippen LogP contribution >= 0.6 is 31.9 Å². The monoisotopic (exact) mass is 1260 g/mol. The molecule has 0 bridgehead atoms. The summed E-state index contributed by atoms with van der Waals surface area (Å²) < 4.78 is 98.9. The van der Waals surface area contributed by atoms with E-state index in [0.717, 1.165) is 23.5 Å². The van der Waals surface area contributed by atoms with E-state index < -0.39 is 35.6 Å². The van der Waals surface area contributed by atoms with Crippen molar-refractivity contribution in [2.45, 2.75) is 64.2 Å². The van der Waals surface area contributed by atoms with Crippen LogP contribution in [0.15, 0.2) is 107 Å². The number of halogens is 8. The van der Waals surface area contributed by atoms with Gasteiger partial charge in [-0.1, -0.05) is 12.1 Å². The Hall–Kier alpha value is -7.10. The molecule has 18 nitrogen and oxygen atoms in total. The smallest absolute Gasteiger partial charge is 0.433 e. The third-order valence-corrected chi connectivity index (χ3v) is 15.8. The summed E-state index contributed by atoms with van der Waals surface area (Å²) in [6.45, 7) is 8.58. The van der Waals surface area contributed by atoms with Crippen LogP contribution in [0.1, 0.15) is 80.3 Å². The van der Waals surface area contributed by atoms with E-state index in [1.54, 1.807) is 82.9 Å². The van der Waals surface area contributed by atoms with Gasteiger partial charge in [0.1, 0.15) is 31.8 Å². The average molecular weight is 1270 g/mol. The first-order valence-electron chi connectivity index (χ1n) is 25.8. The molecule has 0 spiro atoms. The van der Waals surface area contributed by atoms with Gasteiger partial charge in [0.25, 0.3) is 11.8 Å². The largest absolute Gasteiger partial charge is 0.497 e. The van der Waals surface area contributed by atoms with Crippen molar-refractivity contribution in [1.82, 2.24) is 58.8 Å². The Morgan fingerprint density at radius 1 is 0.585 bits per heavy atom. The van der Waals surface area contributed by atoms with Crippen LogP contribution in [-0.2, 0) is 12.4 Å². The van der Waals surface area contributed by atoms with E-state index in [9.17, 15) is 46.1 Å². The Morgan fingerprint density at radius 3 is 1.24 bits per heavy atom. The summed E-state index contributed by atoms with van der Waals surface area (Å²) in [7, 11) is 3.00. The van der Waals surface area contributed by atoms with Crippen molar-refractivity contribution in [3.05, 3.63) is 152 Å². The van der Waals surface area contributed by atoms with Crippen molar-refractivity contribution in [3.63, 3.8) is 0 Å². The molecule has 82 heavy (non-hydrogen) atoms. The van der Waals surface area contributed by atoms with Crippen LogP contribution in [0.25, 0.3) is 33.8 Å². The third kappa shape index (κ3) is 12.0. The van der Waals surface area contributed by atoms with Crippen molar-refractivity contribution in [1.29, 1.82) is 0 Å². The van der Waals surface area contributed by atoms with Crippen molar-refractivity contribution in [2.24, 2.45) is 0 Å². The number of hydrogen-bond donors (Lipinski definition) is 2. The molecule has 2 aliphatic rings. The van der Waals surface area contributed by atoms with Crippen molar-refractivity contribution >= 4 is 55.0 Å². The van der Waals surface area contributed by atoms with Gasteiger partial charge >= 0.3 is 12.4 Å². The lowest BCUT2D eigenvalue weighted by Gasteiger charge is -2.42. The highest BCUT2D eigenvalue weighted by molar-refractivity contribution is 9.10. The second-order valence-electron chi connectivity index (χ2n) is 19.8. The molecule has 2 aliphatic heterocycles. The van der Waals surface area contributed by atoms with Crippen LogP contribution < -0.4 is 9.47 Å². The molecule has 2 saturated heterocycles. The lowest BCUT2D eigenvalue weighted by Crippen LogP contribution is -2.55. The topological polar surface area (TPSA) is 192 Å². The van der Waals surface area contributed by atoms with Crippen LogP contribution in [0.3, 0.4) is 0 Å². The number of methoxy groups -OCH3 is 2. The van der Waals surface area contributed by atoms with E-state index >= 15 is 0 Å². The Kier molecular flexibility index (Phi) is 17.7. The number of rotatable bonds is 12. The van der Waals surface area contributed by atoms with E-state index in [1.807, 2.05) is 26.0 Å². The standard InChI is InChI=1S/2C28H28BrF3N6O3/c2*1-16-14-36(22(15-39)19-6-9-23(29)33-12-19)10-11-37(16)27(40)21-13-34-38-25(28(30,31)32)17(2)24(35-26(21)38)18-4-7-20(41-3)8-5-18/h2*4-9,12-13,16,22,39H,10-11,14-15H2,1-3H3/t16-,22+;16-,22-/m11/s1. The van der Waals surface area contributed by atoms with Crippen LogP contribution in [0.2, 0.25) is 0 Å². The fraction of sp³-hybridized carbons (Fsp3) is 0.357. The van der Waals surface area contributed by atoms with Crippen molar-refractivity contribution in [3.8, 4) is 34.0 Å². The van der Waals surface area contributed by atoms with E-state index in [-0.39, 0.29) is 82.3 Å². The predicted molar refractivity (Wildman–Crippen MR) is 297 cm³/mol. The highest BCUT2D eigenvalue weighted by atomic mass is 79.9. The van der Waals surface area contributed by atoms with Gasteiger partial charge in [-0.2, -0.15) is 36.5 Å². The number of benzene rings is 2. The second-order valence-corrected chi connectivity index (χ2v) is 21.4. The summed E-state index contributed by atoms with van der Waals surface area (Å²) >= 11 is 6.63. The van der Waals surface area contributed by atoms with Gasteiger partial charge in [0, 0.05) is 86.0 Å². The molecule has 0 unspecified atom stereocenters. The van der Waals surface area contributed by atoms with E-state index in [2.05, 4.69) is 71.8 Å². The maximum Gasteiger partial charge on any atom is 0.433 e. The summed E-state index contributed by atoms with van der Waals surface area (Å²) in [5.41, 5.74) is 0.277. The third-order valence-electron chi connectivity index (χ3n) is 14.8. The fourth-order valence-corrected chi connectivity index (χ4v) is 11.1. The van der Waals surface area contributed by atoms with Crippen molar-refractivity contribution < 1.29 is 55.6 Å². The maximum absolute atomic E-state index is 14.3. The number of hydrogen-bond acceptors (Lipinski definition) is 14. The van der Waals surface area contributed by atoms with Gasteiger partial charge in [-0.15, -0.1) is 0 Å². The first-order chi connectivity index (χ1) is 39.1. The number of alkyl halides is 6. The van der Waals surface area contributed by atoms with Crippen LogP contribution in [-0.4, -0.2) is 160 Å². The first kappa shape index (κ1) is 59.5. The number of carbonyl (C=O) groups is 2. The summed E-state index contributed by atoms with van der Waals surface area (Å²) in [6.07, 6.45) is -3.78. The molecular weight excluding hydrogens is 1210 g/mol. The molecule has 0 radical (unpaired) electrons. The first-order valence-corrected chi connectivity index (χ1v) is 27.4. The molecule has 2 amide bonds. The quantitative estimate of drug-likeness (QED) is 0.0868. The zero-order valence-electron chi connectivity index (χ0n) is 45.1. The normalized spacial score (nSPS) is 17.2. The molecule has 8 aromatic rings. The molecule has 6 aromatic heterocycles. The molecule has 0 aliphatic carbocycles. The average Bonchev–Trinajstić information content (AvgIpc) is 3.72. The van der Waals surface area contributed by atoms with E-state index in [0.29, 0.717) is 80.1 Å². The number of ether oxygens (including phenoxy) is 2. The summed E-state index contributed by atoms with van der Waals surface area (Å²) in [6, 6.07) is 19.2. The zero-order chi connectivity index (χ0) is 58.9. The lowest BCUT2D eigenvalue weighted by atomic mass is 10.0. The van der Waals surface area contributed by atoms with Gasteiger partial charge in [0.05, 0.1) is 63.3 Å². The number of carbonyl (C=O) groups excluding carboxylic acids is 2. The van der Waals surface area contributed by atoms with Crippen LogP contribution in [0.5, 0.6) is 11.5 Å². The number of nitrogens with zero attached hydrogens (tertiary/aromatic N) is 12. The Balaban J connectivity index is 0.000000198. The number of fused-ring (bicyclic) bond motifs is 2. The summed E-state index contributed by atoms with van der Waals surface area (Å²) in [5.74, 6) is 0.194. The Bertz CT molecular complexity index is 3350. The molecule has 4 atom stereocenters. The number of aliphatic hydroxyl groups is 2. The lowest BCUT2D eigenvalue weighted by molar-refractivity contribution is -0.144. The molecule has 2 N–H and O–H groups in total. The molecule has 8 heterocycles. The zero-order valence-corrected chi connectivity index (χ0v) is 48.3. The molecule has 10 rings (SSSR count). The minimum absolute atomic E-state index is 0.0126. The van der Waals surface area contributed by atoms with Gasteiger partial charge in [-0.25, -0.2) is 29.0 Å². The molecular formula is C56H56Br2F6N12O6. The SMILES string of the molecule is COc1ccc(-c2nc3c(C(=O)N4CCN([C@@H](CO)c5ccc(Br)nc5)C[C@H]4C)cnn3c(C(F)(F)F)c2C)cc1.COc1ccc(-c2nc3c(C(=O)N4CCN([C@H](CO)c5ccc(Br)nc5)C[C@H]4C)cnn3c(C(F)(F)F)c2C)cc1. The summed E-state index contributed by atoms with van der Waals surface area (Å²) in [4.78, 5) is 52.5. The second kappa shape index (κ2) is 24.4. The molecule has 2 fully saturated rings. The Morgan fingerprint density at radius 2 is 0.951 bits per heavy atom. The molecule has 432 valence electrons. The predicted octanol–water partition coefficient (Wildman–Crippen LogP) is 9.54. The maximum atomic E-state index is 14.3. The number of aliphatic hydroxyl groups excluding tert-OH is 2. The molecule has 0 saturated carbocycles. The number of piperazine rings is 2. The number of amides is 2. The molecule has 26 heteroatoms. The Labute approximate surface area is 483 Å². The number of aromatic nitrogens is 8. The van der Waals surface area contributed by atoms with Gasteiger partial charge < -0.3 is 29.5 Å². The van der Waals surface area contributed by atoms with Gasteiger partial charge in [0.2, 0.25) is 0 Å². The highest BCUT2D eigenvalue weighted by Gasteiger charge is 2.42. The molecule has 2 aromatic carbocycles. The number of pyridine rings is 2. The van der Waals surface area contributed by atoms with Gasteiger partial charge in [-0.05, 0) is 131 Å². The minimum Gasteiger partial charge on any atom is -0.497 e. The highest BCUT2D eigenvalue weighted by Crippen LogP contribution is 2.39. The van der Waals surface area contributed by atoms with Crippen LogP contribution in [0.4, 0.5) is 26.3 Å². The van der Waals surface area contributed by atoms with Gasteiger partial charge in [-0.3, -0.25) is 19.4 Å². The van der Waals surface area contributed by atoms with E-state index in [1.165, 1.54) is 28.1 Å². The van der Waals surface area contributed by atoms with E-state index in [4.69, 9.17) is 9.47 Å². The summed E-state index contributed by atoms with van der Waals surface area (Å²) in [5, 5.41) is 28.2. The van der Waals surface area contributed by atoms with Gasteiger partial charge in [0.15, 0.2) is 22.7 Å².